The molecule has 0 bridgehead atoms. The average Bonchev–Trinajstić information content (AvgIpc) is 3.56. The third kappa shape index (κ3) is 5.14. The largest absolute Gasteiger partial charge is 0.454 e. The van der Waals surface area contributed by atoms with Gasteiger partial charge in [0.2, 0.25) is 10.0 Å². The second kappa shape index (κ2) is 8.94. The number of hydrogen-bond donors (Lipinski definition) is 2. The predicted octanol–water partition coefficient (Wildman–Crippen LogP) is 4.34. The molecule has 174 valence electrons. The van der Waals surface area contributed by atoms with Gasteiger partial charge >= 0.3 is 0 Å². The van der Waals surface area contributed by atoms with Gasteiger partial charge in [-0.25, -0.2) is 18.5 Å². The maximum absolute atomic E-state index is 11.7. The number of anilines is 2. The summed E-state index contributed by atoms with van der Waals surface area (Å²) in [5.41, 5.74) is 1.45. The Morgan fingerprint density at radius 3 is 2.67 bits per heavy atom. The van der Waals surface area contributed by atoms with Crippen molar-refractivity contribution in [2.24, 2.45) is 5.14 Å². The van der Waals surface area contributed by atoms with E-state index in [1.54, 1.807) is 24.4 Å². The Kier molecular flexibility index (Phi) is 6.00. The van der Waals surface area contributed by atoms with Gasteiger partial charge in [-0.1, -0.05) is 11.6 Å². The molecular weight excluding hydrogens is 466 g/mol. The third-order valence-electron chi connectivity index (χ3n) is 5.72. The van der Waals surface area contributed by atoms with E-state index < -0.39 is 10.0 Å². The molecular formula is C22H24ClN5O4S. The second-order valence-electron chi connectivity index (χ2n) is 8.27. The number of nitrogens with one attached hydrogen (secondary N) is 1. The van der Waals surface area contributed by atoms with Crippen molar-refractivity contribution in [1.29, 1.82) is 0 Å². The number of ether oxygens (including phenoxy) is 2. The lowest BCUT2D eigenvalue weighted by molar-refractivity contribution is 0.0839. The number of pyridine rings is 1. The SMILES string of the molecule is NS(=O)(=O)c1cc(Nc2cc(Oc3cn(C4CC4)nc3C3CCOCC3)ccn2)ccc1Cl. The number of aromatic nitrogens is 3. The van der Waals surface area contributed by atoms with Crippen LogP contribution in [0.3, 0.4) is 0 Å². The Hall–Kier alpha value is -2.66. The number of rotatable bonds is 7. The summed E-state index contributed by atoms with van der Waals surface area (Å²) in [6.07, 6.45) is 7.72. The fraction of sp³-hybridized carbons (Fsp3) is 0.364. The summed E-state index contributed by atoms with van der Waals surface area (Å²) in [6.45, 7) is 1.46. The molecule has 1 saturated carbocycles. The lowest BCUT2D eigenvalue weighted by Gasteiger charge is -2.21. The quantitative estimate of drug-likeness (QED) is 0.506. The number of nitrogens with two attached hydrogens (primary N) is 1. The zero-order valence-corrected chi connectivity index (χ0v) is 19.3. The van der Waals surface area contributed by atoms with Gasteiger partial charge in [-0.3, -0.25) is 4.68 Å². The van der Waals surface area contributed by atoms with E-state index in [2.05, 4.69) is 10.3 Å². The van der Waals surface area contributed by atoms with Crippen LogP contribution < -0.4 is 15.2 Å². The number of nitrogens with zero attached hydrogens (tertiary/aromatic N) is 3. The monoisotopic (exact) mass is 489 g/mol. The zero-order valence-electron chi connectivity index (χ0n) is 17.8. The van der Waals surface area contributed by atoms with Crippen molar-refractivity contribution < 1.29 is 17.9 Å². The Morgan fingerprint density at radius 1 is 1.15 bits per heavy atom. The number of benzene rings is 1. The first-order valence-corrected chi connectivity index (χ1v) is 12.7. The molecule has 2 aromatic heterocycles. The molecule has 2 aliphatic rings. The van der Waals surface area contributed by atoms with Crippen molar-refractivity contribution in [3.63, 3.8) is 0 Å². The molecule has 3 aromatic rings. The third-order valence-corrected chi connectivity index (χ3v) is 7.12. The number of sulfonamides is 1. The van der Waals surface area contributed by atoms with Gasteiger partial charge in [0.05, 0.1) is 17.3 Å². The van der Waals surface area contributed by atoms with Crippen LogP contribution in [0.15, 0.2) is 47.6 Å². The molecule has 5 rings (SSSR count). The molecule has 9 nitrogen and oxygen atoms in total. The van der Waals surface area contributed by atoms with Gasteiger partial charge in [0.1, 0.15) is 22.2 Å². The molecule has 0 amide bonds. The van der Waals surface area contributed by atoms with E-state index in [9.17, 15) is 8.42 Å². The van der Waals surface area contributed by atoms with Gasteiger partial charge in [-0.05, 0) is 49.9 Å². The minimum atomic E-state index is -3.95. The fourth-order valence-electron chi connectivity index (χ4n) is 3.86. The van der Waals surface area contributed by atoms with Crippen molar-refractivity contribution in [2.45, 2.75) is 42.5 Å². The number of halogens is 1. The highest BCUT2D eigenvalue weighted by atomic mass is 35.5. The average molecular weight is 490 g/mol. The summed E-state index contributed by atoms with van der Waals surface area (Å²) in [4.78, 5) is 4.15. The normalized spacial score (nSPS) is 17.2. The Bertz CT molecular complexity index is 1270. The summed E-state index contributed by atoms with van der Waals surface area (Å²) >= 11 is 5.97. The topological polar surface area (TPSA) is 121 Å². The first-order valence-electron chi connectivity index (χ1n) is 10.8. The lowest BCUT2D eigenvalue weighted by atomic mass is 9.96. The Balaban J connectivity index is 1.38. The predicted molar refractivity (Wildman–Crippen MR) is 124 cm³/mol. The smallest absolute Gasteiger partial charge is 0.239 e. The molecule has 11 heteroatoms. The minimum absolute atomic E-state index is 0.0569. The lowest BCUT2D eigenvalue weighted by Crippen LogP contribution is -2.15. The molecule has 0 radical (unpaired) electrons. The summed E-state index contributed by atoms with van der Waals surface area (Å²) in [7, 11) is -3.95. The molecule has 3 heterocycles. The fourth-order valence-corrected chi connectivity index (χ4v) is 4.94. The van der Waals surface area contributed by atoms with E-state index in [0.29, 0.717) is 29.2 Å². The van der Waals surface area contributed by atoms with E-state index in [1.807, 2.05) is 10.9 Å². The van der Waals surface area contributed by atoms with Crippen molar-refractivity contribution in [1.82, 2.24) is 14.8 Å². The molecule has 3 N–H and O–H groups in total. The van der Waals surface area contributed by atoms with Crippen LogP contribution in [0.5, 0.6) is 11.5 Å². The van der Waals surface area contributed by atoms with E-state index in [4.69, 9.17) is 31.3 Å². The van der Waals surface area contributed by atoms with Crippen molar-refractivity contribution in [3.8, 4) is 11.5 Å². The first kappa shape index (κ1) is 22.1. The molecule has 1 aliphatic carbocycles. The maximum Gasteiger partial charge on any atom is 0.239 e. The summed E-state index contributed by atoms with van der Waals surface area (Å²) in [5.74, 6) is 2.13. The van der Waals surface area contributed by atoms with Gasteiger partial charge < -0.3 is 14.8 Å². The first-order chi connectivity index (χ1) is 15.9. The van der Waals surface area contributed by atoms with Crippen LogP contribution in [0.2, 0.25) is 5.02 Å². The number of hydrogen-bond acceptors (Lipinski definition) is 7. The zero-order chi connectivity index (χ0) is 23.0. The summed E-state index contributed by atoms with van der Waals surface area (Å²) in [6, 6.07) is 8.45. The Labute approximate surface area is 196 Å². The van der Waals surface area contributed by atoms with Crippen LogP contribution in [0.25, 0.3) is 0 Å². The summed E-state index contributed by atoms with van der Waals surface area (Å²) in [5, 5.41) is 13.2. The van der Waals surface area contributed by atoms with Crippen LogP contribution >= 0.6 is 11.6 Å². The molecule has 0 unspecified atom stereocenters. The van der Waals surface area contributed by atoms with Gasteiger partial charge in [0.15, 0.2) is 5.75 Å². The van der Waals surface area contributed by atoms with E-state index in [-0.39, 0.29) is 9.92 Å². The van der Waals surface area contributed by atoms with Crippen molar-refractivity contribution in [2.75, 3.05) is 18.5 Å². The maximum atomic E-state index is 11.7. The molecule has 33 heavy (non-hydrogen) atoms. The highest BCUT2D eigenvalue weighted by Crippen LogP contribution is 2.40. The second-order valence-corrected chi connectivity index (χ2v) is 10.2. The Morgan fingerprint density at radius 2 is 1.94 bits per heavy atom. The number of primary sulfonamides is 1. The van der Waals surface area contributed by atoms with Crippen LogP contribution in [0, 0.1) is 0 Å². The van der Waals surface area contributed by atoms with Gasteiger partial charge in [-0.15, -0.1) is 0 Å². The van der Waals surface area contributed by atoms with E-state index in [0.717, 1.165) is 50.3 Å². The highest BCUT2D eigenvalue weighted by molar-refractivity contribution is 7.89. The molecule has 1 saturated heterocycles. The minimum Gasteiger partial charge on any atom is -0.454 e. The standard InChI is InChI=1S/C22H24ClN5O4S/c23-18-4-1-15(11-20(18)33(24,29)30)26-21-12-17(5-8-25-21)32-19-13-28(16-2-3-16)27-22(19)14-6-9-31-10-7-14/h1,4-5,8,11-14,16H,2-3,6-7,9-10H2,(H,25,26)(H2,24,29,30). The van der Waals surface area contributed by atoms with Crippen molar-refractivity contribution >= 4 is 33.1 Å². The molecule has 0 spiro atoms. The highest BCUT2D eigenvalue weighted by Gasteiger charge is 2.29. The molecule has 0 atom stereocenters. The van der Waals surface area contributed by atoms with Gasteiger partial charge in [0.25, 0.3) is 0 Å². The van der Waals surface area contributed by atoms with Gasteiger partial charge in [0, 0.05) is 37.1 Å². The van der Waals surface area contributed by atoms with Crippen molar-refractivity contribution in [3.05, 3.63) is 53.4 Å². The van der Waals surface area contributed by atoms with E-state index in [1.165, 1.54) is 12.1 Å². The molecule has 1 aromatic carbocycles. The van der Waals surface area contributed by atoms with Crippen LogP contribution in [0.1, 0.15) is 43.3 Å². The molecule has 1 aliphatic heterocycles. The van der Waals surface area contributed by atoms with E-state index >= 15 is 0 Å². The van der Waals surface area contributed by atoms with Crippen LogP contribution in [0.4, 0.5) is 11.5 Å². The summed E-state index contributed by atoms with van der Waals surface area (Å²) < 4.78 is 37.3. The molecule has 2 fully saturated rings. The van der Waals surface area contributed by atoms with Crippen LogP contribution in [-0.2, 0) is 14.8 Å². The van der Waals surface area contributed by atoms with Gasteiger partial charge in [-0.2, -0.15) is 5.10 Å². The van der Waals surface area contributed by atoms with Crippen LogP contribution in [-0.4, -0.2) is 36.4 Å².